The first-order valence-corrected chi connectivity index (χ1v) is 5.40. The fourth-order valence-corrected chi connectivity index (χ4v) is 3.09. The van der Waals surface area contributed by atoms with Crippen molar-refractivity contribution in [2.75, 3.05) is 0 Å². The summed E-state index contributed by atoms with van der Waals surface area (Å²) in [4.78, 5) is 9.24. The van der Waals surface area contributed by atoms with Crippen LogP contribution in [0.15, 0.2) is 0 Å². The molecule has 2 heterocycles. The van der Waals surface area contributed by atoms with Crippen LogP contribution in [0.1, 0.15) is 11.4 Å². The summed E-state index contributed by atoms with van der Waals surface area (Å²) in [6.45, 7) is 0. The Kier molecular flexibility index (Phi) is 2.22. The van der Waals surface area contributed by atoms with E-state index < -0.39 is 0 Å². The van der Waals surface area contributed by atoms with E-state index in [1.54, 1.807) is 0 Å². The van der Waals surface area contributed by atoms with E-state index in [1.807, 2.05) is 12.1 Å². The molecule has 7 heteroatoms. The van der Waals surface area contributed by atoms with E-state index in [1.165, 1.54) is 22.7 Å². The summed E-state index contributed by atoms with van der Waals surface area (Å²) in [6.07, 6.45) is 0. The maximum absolute atomic E-state index is 8.69. The highest BCUT2D eigenvalue weighted by molar-refractivity contribution is 7.77. The number of nitriles is 2. The van der Waals surface area contributed by atoms with Crippen LogP contribution in [-0.4, -0.2) is 9.97 Å². The van der Waals surface area contributed by atoms with E-state index in [0.717, 1.165) is 0 Å². The van der Waals surface area contributed by atoms with Crippen LogP contribution >= 0.6 is 34.9 Å². The van der Waals surface area contributed by atoms with E-state index in [9.17, 15) is 0 Å². The Morgan fingerprint density at radius 2 is 1.43 bits per heavy atom. The summed E-state index contributed by atoms with van der Waals surface area (Å²) in [7, 11) is 0. The smallest absolute Gasteiger partial charge is 0.178 e. The van der Waals surface area contributed by atoms with Crippen molar-refractivity contribution in [3.05, 3.63) is 14.5 Å². The first-order chi connectivity index (χ1) is 6.74. The zero-order valence-corrected chi connectivity index (χ0v) is 8.96. The molecule has 0 amide bonds. The van der Waals surface area contributed by atoms with Crippen LogP contribution in [0, 0.1) is 25.8 Å². The SMILES string of the molecule is N#Cc1nc2sc(=S)sc2nc1C#N. The Bertz CT molecular complexity index is 585. The van der Waals surface area contributed by atoms with Crippen molar-refractivity contribution in [3.63, 3.8) is 0 Å². The van der Waals surface area contributed by atoms with Crippen molar-refractivity contribution in [1.82, 2.24) is 9.97 Å². The molecule has 0 radical (unpaired) electrons. The lowest BCUT2D eigenvalue weighted by Gasteiger charge is -1.90. The summed E-state index contributed by atoms with van der Waals surface area (Å²) < 4.78 is 0.693. The fourth-order valence-electron chi connectivity index (χ4n) is 0.872. The van der Waals surface area contributed by atoms with E-state index in [4.69, 9.17) is 22.7 Å². The topological polar surface area (TPSA) is 73.4 Å². The second kappa shape index (κ2) is 3.39. The van der Waals surface area contributed by atoms with Crippen LogP contribution in [-0.2, 0) is 0 Å². The normalized spacial score (nSPS) is 9.57. The number of fused-ring (bicyclic) bond motifs is 1. The van der Waals surface area contributed by atoms with Crippen molar-refractivity contribution in [2.24, 2.45) is 0 Å². The quantitative estimate of drug-likeness (QED) is 0.656. The van der Waals surface area contributed by atoms with Crippen LogP contribution in [0.4, 0.5) is 0 Å². The lowest BCUT2D eigenvalue weighted by atomic mass is 10.3. The van der Waals surface area contributed by atoms with E-state index in [-0.39, 0.29) is 11.4 Å². The lowest BCUT2D eigenvalue weighted by Crippen LogP contribution is -1.92. The highest BCUT2D eigenvalue weighted by Gasteiger charge is 2.09. The third-order valence-electron chi connectivity index (χ3n) is 1.41. The van der Waals surface area contributed by atoms with E-state index >= 15 is 0 Å². The number of hydrogen-bond acceptors (Lipinski definition) is 7. The zero-order chi connectivity index (χ0) is 10.1. The molecule has 0 fully saturated rings. The second-order valence-corrected chi connectivity index (χ2v) is 5.39. The van der Waals surface area contributed by atoms with Gasteiger partial charge in [0, 0.05) is 0 Å². The van der Waals surface area contributed by atoms with Crippen LogP contribution in [0.2, 0.25) is 0 Å². The molecule has 0 aliphatic heterocycles. The fraction of sp³-hybridized carbons (Fsp3) is 0. The molecule has 0 spiro atoms. The molecular formula is C7N4S3. The number of hydrogen-bond donors (Lipinski definition) is 0. The first-order valence-electron chi connectivity index (χ1n) is 3.36. The Hall–Kier alpha value is -1.41. The van der Waals surface area contributed by atoms with Crippen molar-refractivity contribution in [3.8, 4) is 12.1 Å². The molecule has 0 unspecified atom stereocenters. The van der Waals surface area contributed by atoms with E-state index in [0.29, 0.717) is 12.8 Å². The summed E-state index contributed by atoms with van der Waals surface area (Å²) in [5.41, 5.74) is 0.119. The minimum Gasteiger partial charge on any atom is -0.220 e. The van der Waals surface area contributed by atoms with Gasteiger partial charge in [0.25, 0.3) is 0 Å². The lowest BCUT2D eigenvalue weighted by molar-refractivity contribution is 1.22. The third-order valence-corrected chi connectivity index (χ3v) is 3.82. The average molecular weight is 236 g/mol. The molecular weight excluding hydrogens is 236 g/mol. The predicted octanol–water partition coefficient (Wildman–Crippen LogP) is 2.23. The highest BCUT2D eigenvalue weighted by Crippen LogP contribution is 2.25. The maximum Gasteiger partial charge on any atom is 0.178 e. The van der Waals surface area contributed by atoms with Crippen LogP contribution in [0.5, 0.6) is 0 Å². The Balaban J connectivity index is 2.91. The molecule has 4 nitrogen and oxygen atoms in total. The van der Waals surface area contributed by atoms with Gasteiger partial charge in [-0.15, -0.1) is 0 Å². The molecule has 0 aliphatic rings. The molecule has 0 aromatic carbocycles. The largest absolute Gasteiger partial charge is 0.220 e. The van der Waals surface area contributed by atoms with Crippen LogP contribution < -0.4 is 0 Å². The van der Waals surface area contributed by atoms with Gasteiger partial charge in [-0.1, -0.05) is 34.9 Å². The summed E-state index contributed by atoms with van der Waals surface area (Å²) >= 11 is 7.56. The highest BCUT2D eigenvalue weighted by atomic mass is 32.2. The van der Waals surface area contributed by atoms with Gasteiger partial charge < -0.3 is 0 Å². The Labute approximate surface area is 91.7 Å². The number of aromatic nitrogens is 2. The molecule has 66 valence electrons. The molecule has 0 saturated heterocycles. The number of nitrogens with zero attached hydrogens (tertiary/aromatic N) is 4. The Morgan fingerprint density at radius 3 is 1.79 bits per heavy atom. The second-order valence-electron chi connectivity index (χ2n) is 2.21. The van der Waals surface area contributed by atoms with Gasteiger partial charge in [-0.2, -0.15) is 10.5 Å². The molecule has 2 rings (SSSR count). The molecule has 2 aromatic rings. The Morgan fingerprint density at radius 1 is 1.00 bits per heavy atom. The predicted molar refractivity (Wildman–Crippen MR) is 55.6 cm³/mol. The average Bonchev–Trinajstić information content (AvgIpc) is 2.54. The maximum atomic E-state index is 8.69. The monoisotopic (exact) mass is 236 g/mol. The molecule has 2 aromatic heterocycles. The minimum atomic E-state index is 0.0593. The van der Waals surface area contributed by atoms with E-state index in [2.05, 4.69) is 9.97 Å². The van der Waals surface area contributed by atoms with Gasteiger partial charge in [-0.05, 0) is 0 Å². The van der Waals surface area contributed by atoms with Gasteiger partial charge in [0.2, 0.25) is 0 Å². The summed E-state index contributed by atoms with van der Waals surface area (Å²) in [5.74, 6) is 0. The molecule has 0 aliphatic carbocycles. The zero-order valence-electron chi connectivity index (χ0n) is 6.51. The van der Waals surface area contributed by atoms with Crippen molar-refractivity contribution in [1.29, 1.82) is 10.5 Å². The molecule has 0 saturated carbocycles. The summed E-state index contributed by atoms with van der Waals surface area (Å²) in [6, 6.07) is 3.66. The molecule has 0 bridgehead atoms. The summed E-state index contributed by atoms with van der Waals surface area (Å²) in [5, 5.41) is 17.4. The van der Waals surface area contributed by atoms with Gasteiger partial charge in [-0.3, -0.25) is 0 Å². The third kappa shape index (κ3) is 1.38. The van der Waals surface area contributed by atoms with Gasteiger partial charge >= 0.3 is 0 Å². The van der Waals surface area contributed by atoms with Gasteiger partial charge in [-0.25, -0.2) is 9.97 Å². The standard InChI is InChI=1S/C7N4S3/c8-1-3-4(2-9)11-6-5(10-3)13-7(12)14-6. The van der Waals surface area contributed by atoms with Crippen molar-refractivity contribution >= 4 is 44.6 Å². The van der Waals surface area contributed by atoms with Gasteiger partial charge in [0.1, 0.15) is 15.3 Å². The molecule has 0 atom stereocenters. The van der Waals surface area contributed by atoms with Crippen molar-refractivity contribution in [2.45, 2.75) is 0 Å². The number of rotatable bonds is 0. The molecule has 14 heavy (non-hydrogen) atoms. The van der Waals surface area contributed by atoms with Crippen molar-refractivity contribution < 1.29 is 0 Å². The first kappa shape index (κ1) is 9.16. The van der Waals surface area contributed by atoms with Gasteiger partial charge in [0.05, 0.1) is 0 Å². The minimum absolute atomic E-state index is 0.0593. The van der Waals surface area contributed by atoms with Gasteiger partial charge in [0.15, 0.2) is 21.0 Å². The van der Waals surface area contributed by atoms with Crippen LogP contribution in [0.3, 0.4) is 0 Å². The molecule has 0 N–H and O–H groups in total. The van der Waals surface area contributed by atoms with Crippen LogP contribution in [0.25, 0.3) is 9.66 Å².